The zero-order chi connectivity index (χ0) is 13.1. The number of anilines is 1. The van der Waals surface area contributed by atoms with Gasteiger partial charge in [0.2, 0.25) is 0 Å². The van der Waals surface area contributed by atoms with E-state index in [4.69, 9.17) is 5.73 Å². The lowest BCUT2D eigenvalue weighted by molar-refractivity contribution is 0.0563. The number of aliphatic hydroxyl groups is 1. The first-order chi connectivity index (χ1) is 7.84. The Kier molecular flexibility index (Phi) is 4.48. The summed E-state index contributed by atoms with van der Waals surface area (Å²) in [5, 5.41) is 13.7. The Hall–Kier alpha value is -1.13. The van der Waals surface area contributed by atoms with Gasteiger partial charge < -0.3 is 16.2 Å². The largest absolute Gasteiger partial charge is 0.384 e. The summed E-state index contributed by atoms with van der Waals surface area (Å²) in [5.74, 6) is 0.958. The summed E-state index contributed by atoms with van der Waals surface area (Å²) in [7, 11) is 0. The zero-order valence-corrected chi connectivity index (χ0v) is 11.1. The van der Waals surface area contributed by atoms with E-state index in [9.17, 15) is 5.11 Å². The van der Waals surface area contributed by atoms with Crippen LogP contribution in [0.5, 0.6) is 0 Å². The lowest BCUT2D eigenvalue weighted by atomic mass is 9.92. The van der Waals surface area contributed by atoms with Gasteiger partial charge in [-0.2, -0.15) is 0 Å². The quantitative estimate of drug-likeness (QED) is 0.724. The van der Waals surface area contributed by atoms with E-state index in [1.807, 2.05) is 13.0 Å². The summed E-state index contributed by atoms with van der Waals surface area (Å²) in [6, 6.07) is 1.86. The van der Waals surface area contributed by atoms with Crippen molar-refractivity contribution in [1.29, 1.82) is 0 Å². The Bertz CT molecular complexity index is 355. The molecule has 0 radical (unpaired) electrons. The average Bonchev–Trinajstić information content (AvgIpc) is 2.15. The van der Waals surface area contributed by atoms with Crippen LogP contribution in [0.25, 0.3) is 0 Å². The van der Waals surface area contributed by atoms with Crippen LogP contribution in [0.2, 0.25) is 0 Å². The van der Waals surface area contributed by atoms with Crippen LogP contribution in [0, 0.1) is 12.8 Å². The van der Waals surface area contributed by atoms with Crippen molar-refractivity contribution in [1.82, 2.24) is 10.3 Å². The number of nitrogens with one attached hydrogen (secondary N) is 1. The van der Waals surface area contributed by atoms with Gasteiger partial charge in [-0.05, 0) is 37.9 Å². The van der Waals surface area contributed by atoms with Crippen LogP contribution in [0.4, 0.5) is 5.82 Å². The molecule has 0 aliphatic heterocycles. The number of aryl methyl sites for hydroxylation is 1. The normalized spacial score (nSPS) is 14.9. The minimum absolute atomic E-state index is 0.404. The van der Waals surface area contributed by atoms with Gasteiger partial charge in [-0.25, -0.2) is 4.98 Å². The van der Waals surface area contributed by atoms with E-state index in [1.165, 1.54) is 0 Å². The molecule has 1 heterocycles. The van der Waals surface area contributed by atoms with E-state index in [0.717, 1.165) is 17.7 Å². The average molecular weight is 237 g/mol. The first-order valence-electron chi connectivity index (χ1n) is 5.99. The molecule has 1 atom stereocenters. The van der Waals surface area contributed by atoms with Crippen LogP contribution < -0.4 is 11.1 Å². The van der Waals surface area contributed by atoms with Crippen LogP contribution in [0.1, 0.15) is 31.9 Å². The summed E-state index contributed by atoms with van der Waals surface area (Å²) in [5.41, 5.74) is 6.54. The van der Waals surface area contributed by atoms with E-state index < -0.39 is 5.60 Å². The van der Waals surface area contributed by atoms with Crippen LogP contribution in [-0.4, -0.2) is 23.2 Å². The van der Waals surface area contributed by atoms with Gasteiger partial charge in [0.25, 0.3) is 0 Å². The Labute approximate surface area is 103 Å². The van der Waals surface area contributed by atoms with Gasteiger partial charge in [-0.15, -0.1) is 0 Å². The lowest BCUT2D eigenvalue weighted by Crippen LogP contribution is -2.38. The number of nitrogen functional groups attached to an aromatic ring is 1. The fraction of sp³-hybridized carbons (Fsp3) is 0.615. The van der Waals surface area contributed by atoms with E-state index >= 15 is 0 Å². The fourth-order valence-electron chi connectivity index (χ4n) is 1.97. The second-order valence-electron chi connectivity index (χ2n) is 5.19. The summed E-state index contributed by atoms with van der Waals surface area (Å²) in [6.45, 7) is 9.30. The van der Waals surface area contributed by atoms with Gasteiger partial charge in [-0.3, -0.25) is 0 Å². The van der Waals surface area contributed by atoms with E-state index in [-0.39, 0.29) is 0 Å². The van der Waals surface area contributed by atoms with Crippen LogP contribution in [0.3, 0.4) is 0 Å². The highest BCUT2D eigenvalue weighted by molar-refractivity contribution is 5.47. The first kappa shape index (κ1) is 13.9. The maximum atomic E-state index is 10.5. The van der Waals surface area contributed by atoms with Gasteiger partial charge in [0.05, 0.1) is 0 Å². The molecular weight excluding hydrogens is 214 g/mol. The maximum Gasteiger partial charge on any atom is 0.129 e. The van der Waals surface area contributed by atoms with E-state index in [0.29, 0.717) is 18.3 Å². The van der Waals surface area contributed by atoms with Crippen molar-refractivity contribution in [2.75, 3.05) is 18.8 Å². The molecule has 0 fully saturated rings. The third kappa shape index (κ3) is 3.68. The summed E-state index contributed by atoms with van der Waals surface area (Å²) in [6.07, 6.45) is 1.66. The molecule has 4 nitrogen and oxygen atoms in total. The SMILES string of the molecule is Cc1ccnc(N)c1C(C)(O)CNCC(C)C. The highest BCUT2D eigenvalue weighted by Crippen LogP contribution is 2.27. The third-order valence-corrected chi connectivity index (χ3v) is 2.75. The van der Waals surface area contributed by atoms with Crippen LogP contribution in [-0.2, 0) is 5.60 Å². The molecule has 4 N–H and O–H groups in total. The molecule has 0 aliphatic carbocycles. The Morgan fingerprint density at radius 1 is 1.53 bits per heavy atom. The van der Waals surface area contributed by atoms with Crippen molar-refractivity contribution in [2.45, 2.75) is 33.3 Å². The number of hydrogen-bond acceptors (Lipinski definition) is 4. The topological polar surface area (TPSA) is 71.2 Å². The molecule has 1 aromatic heterocycles. The van der Waals surface area contributed by atoms with E-state index in [1.54, 1.807) is 13.1 Å². The van der Waals surface area contributed by atoms with Gasteiger partial charge in [0, 0.05) is 18.3 Å². The smallest absolute Gasteiger partial charge is 0.129 e. The van der Waals surface area contributed by atoms with E-state index in [2.05, 4.69) is 24.1 Å². The Morgan fingerprint density at radius 3 is 2.71 bits per heavy atom. The minimum Gasteiger partial charge on any atom is -0.384 e. The molecule has 96 valence electrons. The highest BCUT2D eigenvalue weighted by Gasteiger charge is 2.27. The number of rotatable bonds is 5. The van der Waals surface area contributed by atoms with Gasteiger partial charge in [0.1, 0.15) is 11.4 Å². The van der Waals surface area contributed by atoms with Crippen molar-refractivity contribution in [3.63, 3.8) is 0 Å². The molecule has 0 amide bonds. The number of nitrogens with zero attached hydrogens (tertiary/aromatic N) is 1. The molecule has 4 heteroatoms. The molecule has 0 bridgehead atoms. The molecule has 0 aromatic carbocycles. The predicted molar refractivity (Wildman–Crippen MR) is 70.7 cm³/mol. The Morgan fingerprint density at radius 2 is 2.18 bits per heavy atom. The molecule has 1 unspecified atom stereocenters. The summed E-state index contributed by atoms with van der Waals surface area (Å²) >= 11 is 0. The van der Waals surface area contributed by atoms with Gasteiger partial charge in [0.15, 0.2) is 0 Å². The van der Waals surface area contributed by atoms with Crippen molar-refractivity contribution < 1.29 is 5.11 Å². The number of nitrogens with two attached hydrogens (primary N) is 1. The molecule has 17 heavy (non-hydrogen) atoms. The predicted octanol–water partition coefficient (Wildman–Crippen LogP) is 1.43. The molecular formula is C13H23N3O. The minimum atomic E-state index is -0.989. The molecule has 0 spiro atoms. The van der Waals surface area contributed by atoms with Crippen molar-refractivity contribution in [3.05, 3.63) is 23.4 Å². The Balaban J connectivity index is 2.82. The molecule has 0 aliphatic rings. The number of hydrogen-bond donors (Lipinski definition) is 3. The third-order valence-electron chi connectivity index (χ3n) is 2.75. The van der Waals surface area contributed by atoms with Crippen LogP contribution >= 0.6 is 0 Å². The number of aromatic nitrogens is 1. The van der Waals surface area contributed by atoms with Gasteiger partial charge in [-0.1, -0.05) is 13.8 Å². The standard InChI is InChI=1S/C13H23N3O/c1-9(2)7-15-8-13(4,17)11-10(3)5-6-16-12(11)14/h5-6,9,15,17H,7-8H2,1-4H3,(H2,14,16). The second-order valence-corrected chi connectivity index (χ2v) is 5.19. The highest BCUT2D eigenvalue weighted by atomic mass is 16.3. The zero-order valence-electron chi connectivity index (χ0n) is 11.1. The van der Waals surface area contributed by atoms with Gasteiger partial charge >= 0.3 is 0 Å². The first-order valence-corrected chi connectivity index (χ1v) is 5.99. The summed E-state index contributed by atoms with van der Waals surface area (Å²) < 4.78 is 0. The second kappa shape index (κ2) is 5.47. The molecule has 1 rings (SSSR count). The molecule has 0 saturated heterocycles. The van der Waals surface area contributed by atoms with Crippen molar-refractivity contribution >= 4 is 5.82 Å². The fourth-order valence-corrected chi connectivity index (χ4v) is 1.97. The summed E-state index contributed by atoms with van der Waals surface area (Å²) in [4.78, 5) is 4.04. The lowest BCUT2D eigenvalue weighted by Gasteiger charge is -2.27. The van der Waals surface area contributed by atoms with Crippen LogP contribution in [0.15, 0.2) is 12.3 Å². The van der Waals surface area contributed by atoms with Crippen molar-refractivity contribution in [2.24, 2.45) is 5.92 Å². The molecule has 1 aromatic rings. The monoisotopic (exact) mass is 237 g/mol. The molecule has 0 saturated carbocycles. The maximum absolute atomic E-state index is 10.5. The number of pyridine rings is 1. The van der Waals surface area contributed by atoms with Crippen molar-refractivity contribution in [3.8, 4) is 0 Å².